The maximum absolute atomic E-state index is 11.6. The molecule has 0 radical (unpaired) electrons. The summed E-state index contributed by atoms with van der Waals surface area (Å²) < 4.78 is 27.8. The molecule has 0 saturated carbocycles. The lowest BCUT2D eigenvalue weighted by atomic mass is 10.1. The number of rotatable bonds is 6. The lowest BCUT2D eigenvalue weighted by Crippen LogP contribution is -2.28. The van der Waals surface area contributed by atoms with E-state index in [2.05, 4.69) is 9.71 Å². The average Bonchev–Trinajstić information content (AvgIpc) is 2.64. The van der Waals surface area contributed by atoms with Crippen molar-refractivity contribution in [1.29, 1.82) is 0 Å². The summed E-state index contributed by atoms with van der Waals surface area (Å²) in [4.78, 5) is 4.48. The minimum absolute atomic E-state index is 0.186. The van der Waals surface area contributed by atoms with Crippen LogP contribution in [0.1, 0.15) is 24.7 Å². The number of hydrogen-bond acceptors (Lipinski definition) is 3. The molecule has 0 saturated heterocycles. The molecule has 20 heavy (non-hydrogen) atoms. The van der Waals surface area contributed by atoms with Crippen LogP contribution in [0, 0.1) is 6.92 Å². The Morgan fingerprint density at radius 2 is 2.10 bits per heavy atom. The zero-order valence-electron chi connectivity index (χ0n) is 12.2. The van der Waals surface area contributed by atoms with Crippen LogP contribution in [0.2, 0.25) is 0 Å². The van der Waals surface area contributed by atoms with Gasteiger partial charge in [-0.15, -0.1) is 0 Å². The highest BCUT2D eigenvalue weighted by Crippen LogP contribution is 2.16. The lowest BCUT2D eigenvalue weighted by molar-refractivity contribution is 0.580. The average molecular weight is 295 g/mol. The lowest BCUT2D eigenvalue weighted by Gasteiger charge is -2.05. The van der Waals surface area contributed by atoms with Crippen LogP contribution >= 0.6 is 0 Å². The second-order valence-electron chi connectivity index (χ2n) is 5.00. The van der Waals surface area contributed by atoms with E-state index in [1.165, 1.54) is 0 Å². The summed E-state index contributed by atoms with van der Waals surface area (Å²) in [5, 5.41) is 0. The molecule has 0 spiro atoms. The van der Waals surface area contributed by atoms with Crippen molar-refractivity contribution in [2.24, 2.45) is 7.05 Å². The Bertz CT molecular complexity index is 705. The molecule has 110 valence electrons. The standard InChI is InChI=1S/C14H21N3O2S/c1-4-9-20(18,19)15-8-7-12-5-6-14-13(10-12)16-11(2)17(14)3/h5-6,10,15H,4,7-9H2,1-3H3. The molecular formula is C14H21N3O2S. The molecule has 1 aromatic heterocycles. The summed E-state index contributed by atoms with van der Waals surface area (Å²) in [5.41, 5.74) is 3.14. The number of nitrogens with zero attached hydrogens (tertiary/aromatic N) is 2. The van der Waals surface area contributed by atoms with E-state index < -0.39 is 10.0 Å². The van der Waals surface area contributed by atoms with Crippen molar-refractivity contribution in [2.45, 2.75) is 26.7 Å². The van der Waals surface area contributed by atoms with Crippen molar-refractivity contribution in [3.05, 3.63) is 29.6 Å². The smallest absolute Gasteiger partial charge is 0.211 e. The van der Waals surface area contributed by atoms with Crippen molar-refractivity contribution in [3.63, 3.8) is 0 Å². The van der Waals surface area contributed by atoms with Crippen LogP contribution in [-0.4, -0.2) is 30.3 Å². The van der Waals surface area contributed by atoms with Crippen molar-refractivity contribution in [2.75, 3.05) is 12.3 Å². The topological polar surface area (TPSA) is 64.0 Å². The first-order chi connectivity index (χ1) is 9.43. The minimum atomic E-state index is -3.12. The molecular weight excluding hydrogens is 274 g/mol. The Balaban J connectivity index is 2.04. The van der Waals surface area contributed by atoms with E-state index in [4.69, 9.17) is 0 Å². The fourth-order valence-electron chi connectivity index (χ4n) is 2.21. The molecule has 0 bridgehead atoms. The monoisotopic (exact) mass is 295 g/mol. The molecule has 0 amide bonds. The summed E-state index contributed by atoms with van der Waals surface area (Å²) in [7, 11) is -1.13. The van der Waals surface area contributed by atoms with Crippen LogP contribution in [0.4, 0.5) is 0 Å². The van der Waals surface area contributed by atoms with Crippen molar-refractivity contribution in [1.82, 2.24) is 14.3 Å². The van der Waals surface area contributed by atoms with Crippen LogP contribution in [0.5, 0.6) is 0 Å². The van der Waals surface area contributed by atoms with Gasteiger partial charge in [-0.1, -0.05) is 13.0 Å². The number of sulfonamides is 1. The molecule has 0 aliphatic rings. The quantitative estimate of drug-likeness (QED) is 0.883. The summed E-state index contributed by atoms with van der Waals surface area (Å²) >= 11 is 0. The molecule has 1 heterocycles. The first-order valence-corrected chi connectivity index (χ1v) is 8.47. The van der Waals surface area contributed by atoms with E-state index in [0.717, 1.165) is 22.4 Å². The highest BCUT2D eigenvalue weighted by Gasteiger charge is 2.08. The Morgan fingerprint density at radius 1 is 1.35 bits per heavy atom. The molecule has 0 fully saturated rings. The van der Waals surface area contributed by atoms with Crippen LogP contribution in [-0.2, 0) is 23.5 Å². The summed E-state index contributed by atoms with van der Waals surface area (Å²) in [6.07, 6.45) is 1.31. The van der Waals surface area contributed by atoms with Gasteiger partial charge in [-0.2, -0.15) is 0 Å². The fraction of sp³-hybridized carbons (Fsp3) is 0.500. The van der Waals surface area contributed by atoms with Crippen LogP contribution in [0.3, 0.4) is 0 Å². The SMILES string of the molecule is CCCS(=O)(=O)NCCc1ccc2c(c1)nc(C)n2C. The molecule has 2 aromatic rings. The number of imidazole rings is 1. The molecule has 1 N–H and O–H groups in total. The third-order valence-corrected chi connectivity index (χ3v) is 4.97. The van der Waals surface area contributed by atoms with Gasteiger partial charge in [-0.25, -0.2) is 18.1 Å². The normalized spacial score (nSPS) is 12.2. The van der Waals surface area contributed by atoms with Gasteiger partial charge in [-0.3, -0.25) is 0 Å². The van der Waals surface area contributed by atoms with Crippen LogP contribution < -0.4 is 4.72 Å². The second-order valence-corrected chi connectivity index (χ2v) is 6.93. The number of aromatic nitrogens is 2. The Morgan fingerprint density at radius 3 is 2.80 bits per heavy atom. The highest BCUT2D eigenvalue weighted by molar-refractivity contribution is 7.89. The highest BCUT2D eigenvalue weighted by atomic mass is 32.2. The minimum Gasteiger partial charge on any atom is -0.331 e. The van der Waals surface area contributed by atoms with Crippen LogP contribution in [0.15, 0.2) is 18.2 Å². The van der Waals surface area contributed by atoms with Gasteiger partial charge in [0, 0.05) is 13.6 Å². The van der Waals surface area contributed by atoms with Crippen molar-refractivity contribution < 1.29 is 8.42 Å². The first kappa shape index (κ1) is 15.0. The maximum atomic E-state index is 11.6. The molecule has 0 aliphatic heterocycles. The number of fused-ring (bicyclic) bond motifs is 1. The van der Waals surface area contributed by atoms with Gasteiger partial charge < -0.3 is 4.57 Å². The van der Waals surface area contributed by atoms with Gasteiger partial charge >= 0.3 is 0 Å². The molecule has 5 nitrogen and oxygen atoms in total. The molecule has 6 heteroatoms. The zero-order chi connectivity index (χ0) is 14.8. The van der Waals surface area contributed by atoms with E-state index in [0.29, 0.717) is 19.4 Å². The summed E-state index contributed by atoms with van der Waals surface area (Å²) in [6, 6.07) is 6.08. The van der Waals surface area contributed by atoms with E-state index in [1.807, 2.05) is 43.7 Å². The molecule has 0 atom stereocenters. The maximum Gasteiger partial charge on any atom is 0.211 e. The number of nitrogens with one attached hydrogen (secondary N) is 1. The van der Waals surface area contributed by atoms with Gasteiger partial charge in [0.05, 0.1) is 16.8 Å². The zero-order valence-corrected chi connectivity index (χ0v) is 13.0. The molecule has 1 aromatic carbocycles. The van der Waals surface area contributed by atoms with E-state index in [9.17, 15) is 8.42 Å². The van der Waals surface area contributed by atoms with E-state index >= 15 is 0 Å². The van der Waals surface area contributed by atoms with Crippen molar-refractivity contribution in [3.8, 4) is 0 Å². The van der Waals surface area contributed by atoms with E-state index in [1.54, 1.807) is 0 Å². The fourth-order valence-corrected chi connectivity index (χ4v) is 3.31. The second kappa shape index (κ2) is 5.93. The summed E-state index contributed by atoms with van der Waals surface area (Å²) in [6.45, 7) is 4.26. The van der Waals surface area contributed by atoms with Gasteiger partial charge in [0.15, 0.2) is 0 Å². The predicted octanol–water partition coefficient (Wildman–Crippen LogP) is 1.75. The molecule has 2 rings (SSSR count). The van der Waals surface area contributed by atoms with Crippen LogP contribution in [0.25, 0.3) is 11.0 Å². The van der Waals surface area contributed by atoms with Gasteiger partial charge in [-0.05, 0) is 37.5 Å². The van der Waals surface area contributed by atoms with Gasteiger partial charge in [0.25, 0.3) is 0 Å². The Labute approximate surface area is 120 Å². The number of hydrogen-bond donors (Lipinski definition) is 1. The predicted molar refractivity (Wildman–Crippen MR) is 81.2 cm³/mol. The number of aryl methyl sites for hydroxylation is 2. The van der Waals surface area contributed by atoms with E-state index in [-0.39, 0.29) is 5.75 Å². The third kappa shape index (κ3) is 3.37. The largest absolute Gasteiger partial charge is 0.331 e. The third-order valence-electron chi connectivity index (χ3n) is 3.38. The van der Waals surface area contributed by atoms with Gasteiger partial charge in [0.2, 0.25) is 10.0 Å². The van der Waals surface area contributed by atoms with Gasteiger partial charge in [0.1, 0.15) is 5.82 Å². The molecule has 0 aliphatic carbocycles. The first-order valence-electron chi connectivity index (χ1n) is 6.82. The Hall–Kier alpha value is -1.40. The molecule has 0 unspecified atom stereocenters. The Kier molecular flexibility index (Phi) is 4.45. The summed E-state index contributed by atoms with van der Waals surface area (Å²) in [5.74, 6) is 1.16. The number of benzene rings is 1. The van der Waals surface area contributed by atoms with Crippen molar-refractivity contribution >= 4 is 21.1 Å².